The van der Waals surface area contributed by atoms with Crippen molar-refractivity contribution in [1.29, 1.82) is 0 Å². The first-order chi connectivity index (χ1) is 13.3. The lowest BCUT2D eigenvalue weighted by molar-refractivity contribution is -0.122. The molecule has 1 unspecified atom stereocenters. The van der Waals surface area contributed by atoms with E-state index in [9.17, 15) is 9.18 Å². The van der Waals surface area contributed by atoms with Crippen LogP contribution in [-0.2, 0) is 11.2 Å². The third-order valence-corrected chi connectivity index (χ3v) is 4.93. The molecule has 28 heavy (non-hydrogen) atoms. The van der Waals surface area contributed by atoms with Crippen LogP contribution in [0, 0.1) is 18.7 Å². The van der Waals surface area contributed by atoms with E-state index in [1.807, 2.05) is 60.3 Å². The quantitative estimate of drug-likeness (QED) is 0.816. The molecule has 0 aliphatic carbocycles. The number of likely N-dealkylation sites (tertiary alicyclic amines) is 1. The Labute approximate surface area is 165 Å². The van der Waals surface area contributed by atoms with E-state index in [-0.39, 0.29) is 18.2 Å². The summed E-state index contributed by atoms with van der Waals surface area (Å²) < 4.78 is 13.4. The minimum absolute atomic E-state index is 0.0986. The van der Waals surface area contributed by atoms with Crippen molar-refractivity contribution in [3.63, 3.8) is 0 Å². The molecule has 1 heterocycles. The van der Waals surface area contributed by atoms with Crippen molar-refractivity contribution in [2.75, 3.05) is 32.1 Å². The summed E-state index contributed by atoms with van der Waals surface area (Å²) in [7, 11) is 3.94. The second-order valence-corrected chi connectivity index (χ2v) is 7.24. The van der Waals surface area contributed by atoms with Gasteiger partial charge >= 0.3 is 0 Å². The number of rotatable bonds is 4. The third kappa shape index (κ3) is 5.55. The van der Waals surface area contributed by atoms with Crippen LogP contribution in [-0.4, -0.2) is 49.6 Å². The van der Waals surface area contributed by atoms with Gasteiger partial charge in [-0.15, -0.1) is 0 Å². The largest absolute Gasteiger partial charge is 0.483 e. The van der Waals surface area contributed by atoms with Gasteiger partial charge in [-0.3, -0.25) is 9.59 Å². The smallest absolute Gasteiger partial charge is 0.290 e. The molecule has 0 aromatic heterocycles. The number of carbonyl (C=O) groups excluding carboxylic acids is 1. The summed E-state index contributed by atoms with van der Waals surface area (Å²) >= 11 is 0. The normalized spacial score (nSPS) is 15.6. The molecule has 2 aromatic carbocycles. The standard InChI is InChI=1S/C21H25FN2O.CH2O2/c1-15-11-16(7-8-20(15)22)12-17-9-10-24(14-17)21(25)18-5-4-6-19(13-18)23(2)3;2-1-3/h4-8,11,13,17H,9-10,12,14H2,1-3H3;1H,(H,2,3). The Balaban J connectivity index is 0.000000878. The van der Waals surface area contributed by atoms with Crippen LogP contribution in [0.4, 0.5) is 10.1 Å². The Morgan fingerprint density at radius 2 is 2.00 bits per heavy atom. The maximum atomic E-state index is 13.4. The average molecular weight is 386 g/mol. The Kier molecular flexibility index (Phi) is 7.55. The molecule has 1 saturated heterocycles. The second-order valence-electron chi connectivity index (χ2n) is 7.24. The highest BCUT2D eigenvalue weighted by Crippen LogP contribution is 2.24. The molecule has 150 valence electrons. The van der Waals surface area contributed by atoms with E-state index in [0.717, 1.165) is 42.7 Å². The van der Waals surface area contributed by atoms with E-state index in [1.165, 1.54) is 6.07 Å². The van der Waals surface area contributed by atoms with Gasteiger partial charge in [-0.05, 0) is 61.1 Å². The zero-order chi connectivity index (χ0) is 20.7. The molecule has 0 radical (unpaired) electrons. The lowest BCUT2D eigenvalue weighted by atomic mass is 9.97. The van der Waals surface area contributed by atoms with Crippen molar-refractivity contribution < 1.29 is 19.1 Å². The first-order valence-corrected chi connectivity index (χ1v) is 9.25. The zero-order valence-electron chi connectivity index (χ0n) is 16.6. The van der Waals surface area contributed by atoms with Gasteiger partial charge in [0.15, 0.2) is 0 Å². The number of anilines is 1. The van der Waals surface area contributed by atoms with Crippen LogP contribution in [0.15, 0.2) is 42.5 Å². The summed E-state index contributed by atoms with van der Waals surface area (Å²) in [5.41, 5.74) is 3.60. The fourth-order valence-corrected chi connectivity index (χ4v) is 3.45. The maximum absolute atomic E-state index is 13.4. The first-order valence-electron chi connectivity index (χ1n) is 9.25. The maximum Gasteiger partial charge on any atom is 0.290 e. The molecule has 1 amide bonds. The number of carbonyl (C=O) groups is 2. The lowest BCUT2D eigenvalue weighted by Crippen LogP contribution is -2.29. The summed E-state index contributed by atoms with van der Waals surface area (Å²) in [6, 6.07) is 13.1. The van der Waals surface area contributed by atoms with Gasteiger partial charge in [0.05, 0.1) is 0 Å². The van der Waals surface area contributed by atoms with Crippen LogP contribution in [0.1, 0.15) is 27.9 Å². The predicted molar refractivity (Wildman–Crippen MR) is 108 cm³/mol. The molecule has 0 saturated carbocycles. The molecule has 6 heteroatoms. The molecule has 1 atom stereocenters. The topological polar surface area (TPSA) is 60.9 Å². The van der Waals surface area contributed by atoms with Crippen LogP contribution in [0.5, 0.6) is 0 Å². The van der Waals surface area contributed by atoms with Crippen molar-refractivity contribution in [1.82, 2.24) is 4.90 Å². The molecule has 0 bridgehead atoms. The summed E-state index contributed by atoms with van der Waals surface area (Å²) in [6.45, 7) is 3.10. The van der Waals surface area contributed by atoms with Crippen molar-refractivity contribution in [3.05, 3.63) is 65.0 Å². The van der Waals surface area contributed by atoms with Gasteiger partial charge in [-0.2, -0.15) is 0 Å². The number of carboxylic acid groups (broad SMARTS) is 1. The Hall–Kier alpha value is -2.89. The van der Waals surface area contributed by atoms with E-state index in [0.29, 0.717) is 11.5 Å². The SMILES string of the molecule is Cc1cc(CC2CCN(C(=O)c3cccc(N(C)C)c3)C2)ccc1F.O=CO. The number of hydrogen-bond donors (Lipinski definition) is 1. The minimum Gasteiger partial charge on any atom is -0.483 e. The molecular weight excluding hydrogens is 359 g/mol. The van der Waals surface area contributed by atoms with E-state index in [4.69, 9.17) is 9.90 Å². The van der Waals surface area contributed by atoms with Gasteiger partial charge in [-0.1, -0.05) is 18.2 Å². The van der Waals surface area contributed by atoms with E-state index in [2.05, 4.69) is 0 Å². The molecule has 1 N–H and O–H groups in total. The third-order valence-electron chi connectivity index (χ3n) is 4.93. The van der Waals surface area contributed by atoms with E-state index < -0.39 is 0 Å². The summed E-state index contributed by atoms with van der Waals surface area (Å²) in [5.74, 6) is 0.375. The Bertz CT molecular complexity index is 823. The highest BCUT2D eigenvalue weighted by Gasteiger charge is 2.27. The fourth-order valence-electron chi connectivity index (χ4n) is 3.45. The molecule has 1 aliphatic rings. The zero-order valence-corrected chi connectivity index (χ0v) is 16.6. The van der Waals surface area contributed by atoms with Gasteiger partial charge in [-0.25, -0.2) is 4.39 Å². The second kappa shape index (κ2) is 9.88. The van der Waals surface area contributed by atoms with Gasteiger partial charge in [0.1, 0.15) is 5.82 Å². The van der Waals surface area contributed by atoms with Gasteiger partial charge in [0, 0.05) is 38.4 Å². The predicted octanol–water partition coefficient (Wildman–Crippen LogP) is 3.61. The summed E-state index contributed by atoms with van der Waals surface area (Å²) in [4.78, 5) is 25.1. The molecule has 3 rings (SSSR count). The Morgan fingerprint density at radius 1 is 1.29 bits per heavy atom. The first kappa shape index (κ1) is 21.4. The number of nitrogens with zero attached hydrogens (tertiary/aromatic N) is 2. The Morgan fingerprint density at radius 3 is 2.64 bits per heavy atom. The number of halogens is 1. The molecule has 2 aromatic rings. The van der Waals surface area contributed by atoms with Crippen LogP contribution < -0.4 is 4.90 Å². The number of hydrogen-bond acceptors (Lipinski definition) is 3. The monoisotopic (exact) mass is 386 g/mol. The molecule has 1 aliphatic heterocycles. The van der Waals surface area contributed by atoms with Crippen molar-refractivity contribution in [2.24, 2.45) is 5.92 Å². The van der Waals surface area contributed by atoms with Crippen LogP contribution in [0.2, 0.25) is 0 Å². The molecule has 0 spiro atoms. The molecule has 1 fully saturated rings. The van der Waals surface area contributed by atoms with Crippen molar-refractivity contribution in [3.8, 4) is 0 Å². The van der Waals surface area contributed by atoms with Crippen LogP contribution in [0.3, 0.4) is 0 Å². The number of aryl methyl sites for hydroxylation is 1. The van der Waals surface area contributed by atoms with Gasteiger partial charge in [0.25, 0.3) is 12.4 Å². The number of benzene rings is 2. The minimum atomic E-state index is -0.250. The van der Waals surface area contributed by atoms with Gasteiger partial charge < -0.3 is 14.9 Å². The molecule has 5 nitrogen and oxygen atoms in total. The van der Waals surface area contributed by atoms with Crippen LogP contribution >= 0.6 is 0 Å². The van der Waals surface area contributed by atoms with E-state index in [1.54, 1.807) is 6.92 Å². The average Bonchev–Trinajstić information content (AvgIpc) is 3.13. The molecular formula is C22H27FN2O3. The van der Waals surface area contributed by atoms with Gasteiger partial charge in [0.2, 0.25) is 0 Å². The highest BCUT2D eigenvalue weighted by molar-refractivity contribution is 5.95. The van der Waals surface area contributed by atoms with E-state index >= 15 is 0 Å². The highest BCUT2D eigenvalue weighted by atomic mass is 19.1. The van der Waals surface area contributed by atoms with Crippen LogP contribution in [0.25, 0.3) is 0 Å². The lowest BCUT2D eigenvalue weighted by Gasteiger charge is -2.19. The summed E-state index contributed by atoms with van der Waals surface area (Å²) in [5, 5.41) is 6.89. The van der Waals surface area contributed by atoms with Crippen molar-refractivity contribution >= 4 is 18.1 Å². The summed E-state index contributed by atoms with van der Waals surface area (Å²) in [6.07, 6.45) is 1.89. The fraction of sp³-hybridized carbons (Fsp3) is 0.364. The van der Waals surface area contributed by atoms with Crippen molar-refractivity contribution in [2.45, 2.75) is 19.8 Å². The number of amides is 1.